The third kappa shape index (κ3) is 6.48. The van der Waals surface area contributed by atoms with Gasteiger partial charge in [-0.25, -0.2) is 0 Å². The van der Waals surface area contributed by atoms with E-state index in [0.29, 0.717) is 33.4 Å². The summed E-state index contributed by atoms with van der Waals surface area (Å²) in [5.41, 5.74) is 6.68. The Morgan fingerprint density at radius 2 is 0.375 bits per heavy atom. The Morgan fingerprint density at radius 1 is 0.188 bits per heavy atom. The normalized spacial score (nSPS) is 14.9. The van der Waals surface area contributed by atoms with Crippen LogP contribution in [0.4, 0.5) is 0 Å². The first-order valence-electron chi connectivity index (χ1n) is 28.9. The molecule has 0 aromatic heterocycles. The molecule has 12 aromatic rings. The molecule has 0 spiro atoms. The van der Waals surface area contributed by atoms with E-state index in [9.17, 15) is 11.0 Å². The van der Waals surface area contributed by atoms with E-state index in [2.05, 4.69) is 0 Å². The molecule has 0 nitrogen and oxygen atoms in total. The van der Waals surface area contributed by atoms with Gasteiger partial charge in [0.2, 0.25) is 0 Å². The fourth-order valence-electron chi connectivity index (χ4n) is 9.08. The van der Waals surface area contributed by atoms with E-state index in [1.165, 1.54) is 0 Å². The fourth-order valence-corrected chi connectivity index (χ4v) is 9.08. The van der Waals surface area contributed by atoms with Crippen molar-refractivity contribution in [3.8, 4) is 77.9 Å². The maximum Gasteiger partial charge on any atom is 0.0629 e. The van der Waals surface area contributed by atoms with E-state index >= 15 is 0 Å². The van der Waals surface area contributed by atoms with Gasteiger partial charge < -0.3 is 0 Å². The van der Waals surface area contributed by atoms with Crippen LogP contribution < -0.4 is 0 Å². The minimum atomic E-state index is -0.540. The second-order valence-corrected chi connectivity index (χ2v) is 15.6. The van der Waals surface area contributed by atoms with Gasteiger partial charge in [0, 0.05) is 0 Å². The molecule has 0 aliphatic carbocycles. The molecule has 0 aliphatic rings. The predicted molar refractivity (Wildman–Crippen MR) is 275 cm³/mol. The molecule has 0 saturated carbocycles. The topological polar surface area (TPSA) is 0 Å². The number of hydrogen-bond acceptors (Lipinski definition) is 0. The molecule has 298 valence electrons. The van der Waals surface area contributed by atoms with E-state index in [-0.39, 0.29) is 65.3 Å². The molecule has 0 unspecified atom stereocenters. The van der Waals surface area contributed by atoms with Crippen LogP contribution >= 0.6 is 0 Å². The molecular formula is C64H42. The Hall–Kier alpha value is -8.32. The summed E-state index contributed by atoms with van der Waals surface area (Å²) >= 11 is 0. The van der Waals surface area contributed by atoms with Crippen LogP contribution in [0.25, 0.3) is 121 Å². The van der Waals surface area contributed by atoms with Crippen LogP contribution in [0.3, 0.4) is 0 Å². The molecule has 0 fully saturated rings. The van der Waals surface area contributed by atoms with E-state index in [4.69, 9.17) is 11.0 Å². The van der Waals surface area contributed by atoms with Gasteiger partial charge in [-0.05, 0) is 145 Å². The summed E-state index contributed by atoms with van der Waals surface area (Å²) in [6.45, 7) is 0. The maximum atomic E-state index is 9.57. The molecule has 12 rings (SSSR count). The molecule has 0 amide bonds. The van der Waals surface area contributed by atoms with Crippen LogP contribution in [0.1, 0.15) is 21.9 Å². The van der Waals surface area contributed by atoms with E-state index in [0.717, 1.165) is 22.3 Å². The molecule has 0 bridgehead atoms. The third-order valence-corrected chi connectivity index (χ3v) is 11.9. The summed E-state index contributed by atoms with van der Waals surface area (Å²) in [7, 11) is 0. The Kier molecular flexibility index (Phi) is 6.03. The van der Waals surface area contributed by atoms with Crippen molar-refractivity contribution in [1.29, 1.82) is 0 Å². The van der Waals surface area contributed by atoms with Gasteiger partial charge in [-0.1, -0.05) is 230 Å². The highest BCUT2D eigenvalue weighted by atomic mass is 14.2. The summed E-state index contributed by atoms with van der Waals surface area (Å²) in [4.78, 5) is 0. The van der Waals surface area contributed by atoms with Crippen LogP contribution in [0.2, 0.25) is 0 Å². The maximum absolute atomic E-state index is 9.57. The monoisotopic (exact) mass is 826 g/mol. The molecule has 0 N–H and O–H groups in total. The zero-order chi connectivity index (χ0) is 56.3. The average Bonchev–Trinajstić information content (AvgIpc) is 3.69. The number of fused-ring (bicyclic) bond motifs is 4. The van der Waals surface area contributed by atoms with Crippen molar-refractivity contribution in [1.82, 2.24) is 0 Å². The molecule has 0 radical (unpaired) electrons. The highest BCUT2D eigenvalue weighted by molar-refractivity contribution is 6.23. The molecule has 0 aliphatic heterocycles. The van der Waals surface area contributed by atoms with Crippen molar-refractivity contribution in [2.75, 3.05) is 0 Å². The second kappa shape index (κ2) is 15.9. The zero-order valence-electron chi connectivity index (χ0n) is 50.0. The Bertz CT molecular complexity index is 4190. The molecule has 64 heavy (non-hydrogen) atoms. The molecule has 0 atom stereocenters. The first-order chi connectivity index (χ1) is 38.4. The molecule has 0 heterocycles. The van der Waals surface area contributed by atoms with E-state index in [1.807, 2.05) is 84.9 Å². The van der Waals surface area contributed by atoms with Crippen molar-refractivity contribution < 1.29 is 21.9 Å². The van der Waals surface area contributed by atoms with Crippen LogP contribution in [0, 0.1) is 0 Å². The Balaban J connectivity index is 1.15. The minimum Gasteiger partial charge on any atom is -0.0622 e. The number of benzene rings is 12. The lowest BCUT2D eigenvalue weighted by molar-refractivity contribution is 1.59. The fraction of sp³-hybridized carbons (Fsp3) is 0. The van der Waals surface area contributed by atoms with Gasteiger partial charge in [-0.2, -0.15) is 0 Å². The number of hydrogen-bond donors (Lipinski definition) is 0. The summed E-state index contributed by atoms with van der Waals surface area (Å²) in [6, 6.07) is 40.1. The van der Waals surface area contributed by atoms with Crippen LogP contribution in [-0.4, -0.2) is 0 Å². The third-order valence-electron chi connectivity index (χ3n) is 11.9. The highest BCUT2D eigenvalue weighted by Crippen LogP contribution is 2.47. The summed E-state index contributed by atoms with van der Waals surface area (Å²) in [5, 5.41) is 0.387. The summed E-state index contributed by atoms with van der Waals surface area (Å²) in [6.07, 6.45) is 0. The van der Waals surface area contributed by atoms with Crippen molar-refractivity contribution in [2.45, 2.75) is 0 Å². The summed E-state index contributed by atoms with van der Waals surface area (Å²) in [5.74, 6) is 0. The van der Waals surface area contributed by atoms with Crippen molar-refractivity contribution in [3.05, 3.63) is 254 Å². The van der Waals surface area contributed by atoms with E-state index < -0.39 is 96.7 Å². The largest absolute Gasteiger partial charge is 0.0629 e. The standard InChI is InChI=1S/C64H42/c1-3-19-43(20-4-1)45-23-15-27-49(39-45)61-53-31-7-11-35-57(53)63(58-36-12-8-32-54(58)61)51-29-17-25-47(41-51)48-26-18-30-52(42-48)64-59-37-13-9-33-55(59)62(56-34-10-14-38-60(56)64)50-28-16-24-46(40-50)44-21-5-2-6-22-44/h1-42H/i7D,8D,9D,10D,11D,12D,13D,14D,31D,32D,33D,34D,35D,36D,37D,38D. The molecule has 0 saturated heterocycles. The first-order valence-corrected chi connectivity index (χ1v) is 20.9. The van der Waals surface area contributed by atoms with Gasteiger partial charge in [-0.3, -0.25) is 0 Å². The Morgan fingerprint density at radius 3 is 0.609 bits per heavy atom. The van der Waals surface area contributed by atoms with Crippen molar-refractivity contribution in [2.24, 2.45) is 0 Å². The quantitative estimate of drug-likeness (QED) is 0.140. The molecule has 12 aromatic carbocycles. The van der Waals surface area contributed by atoms with Gasteiger partial charge in [0.25, 0.3) is 0 Å². The molecule has 0 heteroatoms. The molecular weight excluding hydrogens is 769 g/mol. The predicted octanol–water partition coefficient (Wildman–Crippen LogP) is 18.0. The average molecular weight is 827 g/mol. The minimum absolute atomic E-state index is 0.0372. The summed E-state index contributed by atoms with van der Waals surface area (Å²) < 4.78 is 148. The lowest BCUT2D eigenvalue weighted by atomic mass is 9.84. The second-order valence-electron chi connectivity index (χ2n) is 15.6. The van der Waals surface area contributed by atoms with E-state index in [1.54, 1.807) is 72.8 Å². The number of rotatable bonds is 7. The highest BCUT2D eigenvalue weighted by Gasteiger charge is 2.20. The zero-order valence-corrected chi connectivity index (χ0v) is 34.0. The van der Waals surface area contributed by atoms with Gasteiger partial charge in [0.15, 0.2) is 0 Å². The lowest BCUT2D eigenvalue weighted by Gasteiger charge is -2.19. The van der Waals surface area contributed by atoms with Gasteiger partial charge in [0.1, 0.15) is 0 Å². The van der Waals surface area contributed by atoms with Crippen molar-refractivity contribution >= 4 is 43.1 Å². The van der Waals surface area contributed by atoms with Gasteiger partial charge in [0.05, 0.1) is 21.9 Å². The first kappa shape index (κ1) is 24.4. The van der Waals surface area contributed by atoms with Crippen LogP contribution in [-0.2, 0) is 0 Å². The Labute approximate surface area is 396 Å². The smallest absolute Gasteiger partial charge is 0.0622 e. The van der Waals surface area contributed by atoms with Crippen molar-refractivity contribution in [3.63, 3.8) is 0 Å². The SMILES string of the molecule is [2H]c1c([2H])c([2H])c2c(-c3cccc(-c4cccc(-c5c6c([2H])c([2H])c([2H])c([2H])c6c(-c6cccc(-c7ccccc7)c6)c6c([2H])c([2H])c([2H])c([2H])c56)c4)c3)c3c([2H])c([2H])c([2H])c([2H])c3c(-c3cccc(-c4ccccc4)c3)c2c1[2H]. The van der Waals surface area contributed by atoms with Crippen LogP contribution in [0.5, 0.6) is 0 Å². The lowest BCUT2D eigenvalue weighted by Crippen LogP contribution is -1.92. The van der Waals surface area contributed by atoms with Gasteiger partial charge >= 0.3 is 0 Å². The van der Waals surface area contributed by atoms with Crippen LogP contribution in [0.15, 0.2) is 254 Å². The van der Waals surface area contributed by atoms with Gasteiger partial charge in [-0.15, -0.1) is 0 Å².